The van der Waals surface area contributed by atoms with Crippen LogP contribution in [0.3, 0.4) is 0 Å². The molecule has 7 heteroatoms. The lowest BCUT2D eigenvalue weighted by Crippen LogP contribution is -2.41. The molecule has 1 saturated heterocycles. The summed E-state index contributed by atoms with van der Waals surface area (Å²) in [6.07, 6.45) is 1.52. The Morgan fingerprint density at radius 2 is 1.62 bits per heavy atom. The van der Waals surface area contributed by atoms with Crippen LogP contribution in [-0.2, 0) is 14.0 Å². The van der Waals surface area contributed by atoms with Crippen LogP contribution in [0.2, 0.25) is 0 Å². The molecule has 0 unspecified atom stereocenters. The summed E-state index contributed by atoms with van der Waals surface area (Å²) in [6.45, 7) is 13.8. The third-order valence-electron chi connectivity index (χ3n) is 5.82. The molecule has 1 aliphatic rings. The molecule has 0 bridgehead atoms. The number of carbonyl (C=O) groups is 1. The molecular weight excluding hydrogens is 405 g/mol. The Morgan fingerprint density at radius 1 is 1.03 bits per heavy atom. The summed E-state index contributed by atoms with van der Waals surface area (Å²) < 4.78 is 23.2. The molecule has 32 heavy (non-hydrogen) atoms. The second kappa shape index (κ2) is 8.79. The molecule has 0 radical (unpaired) electrons. The van der Waals surface area contributed by atoms with Crippen molar-refractivity contribution in [3.05, 3.63) is 47.4 Å². The van der Waals surface area contributed by atoms with E-state index in [0.29, 0.717) is 0 Å². The van der Waals surface area contributed by atoms with E-state index in [2.05, 4.69) is 11.4 Å². The Morgan fingerprint density at radius 3 is 2.22 bits per heavy atom. The summed E-state index contributed by atoms with van der Waals surface area (Å²) in [4.78, 5) is 12.3. The van der Waals surface area contributed by atoms with Crippen molar-refractivity contribution < 1.29 is 23.6 Å². The predicted octanol–water partition coefficient (Wildman–Crippen LogP) is 5.39. The minimum Gasteiger partial charge on any atom is -0.497 e. The Balaban J connectivity index is 1.90. The van der Waals surface area contributed by atoms with E-state index >= 15 is 0 Å². The van der Waals surface area contributed by atoms with Gasteiger partial charge in [-0.15, -0.1) is 0 Å². The van der Waals surface area contributed by atoms with Gasteiger partial charge in [0, 0.05) is 6.54 Å². The maximum Gasteiger partial charge on any atom is 0.492 e. The first-order valence-corrected chi connectivity index (χ1v) is 10.9. The number of hydrogen-bond donors (Lipinski definition) is 1. The number of ether oxygens (including phenoxy) is 2. The van der Waals surface area contributed by atoms with Crippen molar-refractivity contribution in [2.45, 2.75) is 65.3 Å². The fraction of sp³-hybridized carbons (Fsp3) is 0.480. The lowest BCUT2D eigenvalue weighted by Gasteiger charge is -2.32. The van der Waals surface area contributed by atoms with Gasteiger partial charge in [0.1, 0.15) is 11.4 Å². The number of rotatable bonds is 5. The Labute approximate surface area is 191 Å². The lowest BCUT2D eigenvalue weighted by molar-refractivity contribution is 0.00578. The van der Waals surface area contributed by atoms with Crippen LogP contribution in [0, 0.1) is 0 Å². The van der Waals surface area contributed by atoms with E-state index in [9.17, 15) is 4.79 Å². The van der Waals surface area contributed by atoms with Gasteiger partial charge in [-0.05, 0) is 88.5 Å². The fourth-order valence-corrected chi connectivity index (χ4v) is 3.36. The number of carbonyl (C=O) groups excluding carboxylic acids is 1. The average Bonchev–Trinajstić information content (AvgIpc) is 2.90. The van der Waals surface area contributed by atoms with Gasteiger partial charge < -0.3 is 24.1 Å². The van der Waals surface area contributed by atoms with Gasteiger partial charge >= 0.3 is 13.2 Å². The van der Waals surface area contributed by atoms with Crippen molar-refractivity contribution in [2.24, 2.45) is 0 Å². The summed E-state index contributed by atoms with van der Waals surface area (Å²) in [5.41, 5.74) is 0.254. The Bertz CT molecular complexity index is 1010. The van der Waals surface area contributed by atoms with E-state index in [1.807, 2.05) is 84.9 Å². The second-order valence-corrected chi connectivity index (χ2v) is 10.1. The van der Waals surface area contributed by atoms with Crippen LogP contribution in [0.5, 0.6) is 5.75 Å². The quantitative estimate of drug-likeness (QED) is 0.633. The zero-order chi connectivity index (χ0) is 23.7. The summed E-state index contributed by atoms with van der Waals surface area (Å²) in [5, 5.41) is 5.02. The van der Waals surface area contributed by atoms with Crippen molar-refractivity contribution in [3.8, 4) is 5.75 Å². The zero-order valence-electron chi connectivity index (χ0n) is 20.4. The number of nitrogens with one attached hydrogen (secondary N) is 1. The Kier molecular flexibility index (Phi) is 6.63. The summed E-state index contributed by atoms with van der Waals surface area (Å²) in [6, 6.07) is 12.1. The third-order valence-corrected chi connectivity index (χ3v) is 5.82. The normalized spacial score (nSPS) is 18.0. The fourth-order valence-electron chi connectivity index (χ4n) is 3.36. The van der Waals surface area contributed by atoms with Crippen molar-refractivity contribution in [2.75, 3.05) is 13.7 Å². The second-order valence-electron chi connectivity index (χ2n) is 10.1. The van der Waals surface area contributed by atoms with Gasteiger partial charge in [-0.3, -0.25) is 0 Å². The van der Waals surface area contributed by atoms with Crippen LogP contribution in [0.25, 0.3) is 16.8 Å². The largest absolute Gasteiger partial charge is 0.497 e. The van der Waals surface area contributed by atoms with Crippen LogP contribution in [0.15, 0.2) is 41.9 Å². The van der Waals surface area contributed by atoms with Crippen molar-refractivity contribution in [1.82, 2.24) is 5.32 Å². The zero-order valence-corrected chi connectivity index (χ0v) is 20.4. The van der Waals surface area contributed by atoms with Crippen molar-refractivity contribution >= 4 is 30.1 Å². The molecular formula is C25H34BNO5. The number of benzene rings is 2. The molecule has 6 nitrogen and oxygen atoms in total. The molecule has 1 fully saturated rings. The smallest absolute Gasteiger partial charge is 0.492 e. The highest BCUT2D eigenvalue weighted by Crippen LogP contribution is 2.39. The average molecular weight is 439 g/mol. The number of hydrogen-bond acceptors (Lipinski definition) is 5. The predicted molar refractivity (Wildman–Crippen MR) is 129 cm³/mol. The molecule has 0 atom stereocenters. The molecule has 0 saturated carbocycles. The minimum absolute atomic E-state index is 0.242. The SMILES string of the molecule is COc1ccc2cc(C=C(CNC(=O)OC(C)(C)C)B3OC(C)(C)C(C)(C)O3)ccc2c1. The molecule has 2 aromatic rings. The lowest BCUT2D eigenvalue weighted by atomic mass is 9.77. The van der Waals surface area contributed by atoms with E-state index in [1.54, 1.807) is 7.11 Å². The molecule has 2 aromatic carbocycles. The van der Waals surface area contributed by atoms with E-state index in [1.165, 1.54) is 0 Å². The molecule has 0 aliphatic carbocycles. The molecule has 172 valence electrons. The number of amides is 1. The molecule has 1 aliphatic heterocycles. The monoisotopic (exact) mass is 439 g/mol. The van der Waals surface area contributed by atoms with Gasteiger partial charge in [0.25, 0.3) is 0 Å². The number of alkyl carbamates (subject to hydrolysis) is 1. The van der Waals surface area contributed by atoms with E-state index < -0.39 is 30.0 Å². The first-order valence-electron chi connectivity index (χ1n) is 10.9. The molecule has 1 heterocycles. The van der Waals surface area contributed by atoms with E-state index in [0.717, 1.165) is 27.6 Å². The van der Waals surface area contributed by atoms with E-state index in [4.69, 9.17) is 18.8 Å². The maximum atomic E-state index is 12.3. The highest BCUT2D eigenvalue weighted by atomic mass is 16.7. The topological polar surface area (TPSA) is 66.0 Å². The van der Waals surface area contributed by atoms with Gasteiger partial charge in [-0.2, -0.15) is 0 Å². The highest BCUT2D eigenvalue weighted by molar-refractivity contribution is 6.56. The number of fused-ring (bicyclic) bond motifs is 1. The van der Waals surface area contributed by atoms with Gasteiger partial charge in [-0.25, -0.2) is 4.79 Å². The van der Waals surface area contributed by atoms with Crippen LogP contribution >= 0.6 is 0 Å². The summed E-state index contributed by atoms with van der Waals surface area (Å²) in [7, 11) is 1.08. The summed E-state index contributed by atoms with van der Waals surface area (Å²) >= 11 is 0. The molecule has 1 amide bonds. The van der Waals surface area contributed by atoms with Crippen LogP contribution in [-0.4, -0.2) is 43.7 Å². The maximum absolute atomic E-state index is 12.3. The van der Waals surface area contributed by atoms with Crippen LogP contribution in [0.1, 0.15) is 54.0 Å². The first kappa shape index (κ1) is 24.1. The molecule has 0 aromatic heterocycles. The standard InChI is InChI=1S/C25H34BNO5/c1-23(2,3)30-22(28)27-16-20(26-31-24(4,5)25(6,7)32-26)14-17-9-10-19-15-21(29-8)12-11-18(19)13-17/h9-15H,16H2,1-8H3,(H,27,28). The number of methoxy groups -OCH3 is 1. The molecule has 1 N–H and O–H groups in total. The summed E-state index contributed by atoms with van der Waals surface area (Å²) in [5.74, 6) is 0.820. The van der Waals surface area contributed by atoms with Gasteiger partial charge in [0.2, 0.25) is 0 Å². The van der Waals surface area contributed by atoms with Crippen LogP contribution < -0.4 is 10.1 Å². The van der Waals surface area contributed by atoms with Gasteiger partial charge in [0.05, 0.1) is 18.3 Å². The van der Waals surface area contributed by atoms with Crippen molar-refractivity contribution in [3.63, 3.8) is 0 Å². The van der Waals surface area contributed by atoms with Gasteiger partial charge in [0.15, 0.2) is 0 Å². The minimum atomic E-state index is -0.582. The van der Waals surface area contributed by atoms with Crippen LogP contribution in [0.4, 0.5) is 4.79 Å². The highest BCUT2D eigenvalue weighted by Gasteiger charge is 2.52. The molecule has 0 spiro atoms. The first-order chi connectivity index (χ1) is 14.8. The Hall–Kier alpha value is -2.51. The van der Waals surface area contributed by atoms with Gasteiger partial charge in [-0.1, -0.05) is 24.3 Å². The van der Waals surface area contributed by atoms with Crippen molar-refractivity contribution in [1.29, 1.82) is 0 Å². The third kappa shape index (κ3) is 5.64. The van der Waals surface area contributed by atoms with E-state index in [-0.39, 0.29) is 6.54 Å². The molecule has 3 rings (SSSR count).